The lowest BCUT2D eigenvalue weighted by molar-refractivity contribution is 0.0706. The van der Waals surface area contributed by atoms with Crippen LogP contribution in [0.1, 0.15) is 55.1 Å². The second kappa shape index (κ2) is 8.75. The molecule has 2 aromatic carbocycles. The molecule has 2 heterocycles. The predicted molar refractivity (Wildman–Crippen MR) is 118 cm³/mol. The molecule has 1 N–H and O–H groups in total. The number of amides is 2. The summed E-state index contributed by atoms with van der Waals surface area (Å²) < 4.78 is 0. The average molecular weight is 421 g/mol. The Morgan fingerprint density at radius 1 is 1.07 bits per heavy atom. The Balaban J connectivity index is 1.44. The highest BCUT2D eigenvalue weighted by Crippen LogP contribution is 2.30. The van der Waals surface area contributed by atoms with Gasteiger partial charge in [-0.1, -0.05) is 47.2 Å². The average Bonchev–Trinajstić information content (AvgIpc) is 3.26. The third-order valence-electron chi connectivity index (χ3n) is 5.38. The van der Waals surface area contributed by atoms with Gasteiger partial charge in [-0.3, -0.25) is 9.59 Å². The van der Waals surface area contributed by atoms with Crippen LogP contribution in [0.4, 0.5) is 5.69 Å². The van der Waals surface area contributed by atoms with Crippen LogP contribution in [0.25, 0.3) is 0 Å². The largest absolute Gasteiger partial charge is 0.338 e. The molecule has 0 radical (unpaired) electrons. The fourth-order valence-electron chi connectivity index (χ4n) is 3.66. The normalized spacial score (nSPS) is 16.3. The summed E-state index contributed by atoms with van der Waals surface area (Å²) in [5.41, 5.74) is 3.59. The second-order valence-electron chi connectivity index (χ2n) is 7.67. The van der Waals surface area contributed by atoms with Gasteiger partial charge in [-0.2, -0.15) is 0 Å². The Hall–Kier alpha value is -3.06. The van der Waals surface area contributed by atoms with Crippen LogP contribution in [0, 0.1) is 13.8 Å². The van der Waals surface area contributed by atoms with Crippen LogP contribution in [0.5, 0.6) is 0 Å². The quantitative estimate of drug-likeness (QED) is 0.678. The lowest BCUT2D eigenvalue weighted by Crippen LogP contribution is -2.39. The van der Waals surface area contributed by atoms with Crippen molar-refractivity contribution in [3.63, 3.8) is 0 Å². The van der Waals surface area contributed by atoms with E-state index in [2.05, 4.69) is 15.5 Å². The molecule has 7 heteroatoms. The minimum atomic E-state index is -0.258. The second-order valence-corrected chi connectivity index (χ2v) is 8.68. The van der Waals surface area contributed by atoms with Gasteiger partial charge in [0, 0.05) is 30.3 Å². The molecule has 0 bridgehead atoms. The van der Waals surface area contributed by atoms with Crippen molar-refractivity contribution in [1.82, 2.24) is 15.1 Å². The van der Waals surface area contributed by atoms with E-state index < -0.39 is 0 Å². The zero-order valence-electron chi connectivity index (χ0n) is 17.1. The zero-order valence-corrected chi connectivity index (χ0v) is 17.9. The number of aromatic nitrogens is 2. The number of likely N-dealkylation sites (tertiary alicyclic amines) is 1. The number of piperidine rings is 1. The van der Waals surface area contributed by atoms with Crippen molar-refractivity contribution in [3.8, 4) is 0 Å². The molecule has 1 fully saturated rings. The van der Waals surface area contributed by atoms with Crippen molar-refractivity contribution >= 4 is 28.8 Å². The van der Waals surface area contributed by atoms with Crippen LogP contribution in [0.15, 0.2) is 48.5 Å². The molecule has 0 spiro atoms. The molecule has 3 aromatic rings. The SMILES string of the molecule is Cc1ccc(NC(=O)c2nnc([C@H]3CCCN(C(=O)c4ccccc4C)C3)s2)cc1. The first-order valence-corrected chi connectivity index (χ1v) is 10.9. The summed E-state index contributed by atoms with van der Waals surface area (Å²) in [6.07, 6.45) is 1.85. The summed E-state index contributed by atoms with van der Waals surface area (Å²) in [7, 11) is 0. The Morgan fingerprint density at radius 2 is 1.83 bits per heavy atom. The third kappa shape index (κ3) is 4.41. The van der Waals surface area contributed by atoms with Crippen molar-refractivity contribution < 1.29 is 9.59 Å². The molecule has 6 nitrogen and oxygen atoms in total. The maximum Gasteiger partial charge on any atom is 0.286 e. The smallest absolute Gasteiger partial charge is 0.286 e. The van der Waals surface area contributed by atoms with E-state index in [-0.39, 0.29) is 17.7 Å². The highest BCUT2D eigenvalue weighted by atomic mass is 32.1. The molecule has 154 valence electrons. The number of aryl methyl sites for hydroxylation is 2. The fraction of sp³-hybridized carbons (Fsp3) is 0.304. The van der Waals surface area contributed by atoms with Gasteiger partial charge in [0.1, 0.15) is 5.01 Å². The van der Waals surface area contributed by atoms with Gasteiger partial charge >= 0.3 is 0 Å². The summed E-state index contributed by atoms with van der Waals surface area (Å²) in [6, 6.07) is 15.3. The molecule has 0 saturated carbocycles. The summed E-state index contributed by atoms with van der Waals surface area (Å²) in [4.78, 5) is 27.4. The van der Waals surface area contributed by atoms with Crippen LogP contribution < -0.4 is 5.32 Å². The zero-order chi connectivity index (χ0) is 21.1. The van der Waals surface area contributed by atoms with Crippen LogP contribution in [0.2, 0.25) is 0 Å². The van der Waals surface area contributed by atoms with Gasteiger partial charge in [0.25, 0.3) is 11.8 Å². The highest BCUT2D eigenvalue weighted by molar-refractivity contribution is 7.13. The topological polar surface area (TPSA) is 75.2 Å². The first-order valence-electron chi connectivity index (χ1n) is 10.1. The number of nitrogens with one attached hydrogen (secondary N) is 1. The minimum absolute atomic E-state index is 0.0552. The van der Waals surface area contributed by atoms with Gasteiger partial charge in [-0.25, -0.2) is 0 Å². The molecular formula is C23H24N4O2S. The molecule has 0 aliphatic carbocycles. The number of carbonyl (C=O) groups is 2. The Bertz CT molecular complexity index is 1060. The van der Waals surface area contributed by atoms with E-state index in [9.17, 15) is 9.59 Å². The third-order valence-corrected chi connectivity index (χ3v) is 6.46. The van der Waals surface area contributed by atoms with Crippen molar-refractivity contribution in [1.29, 1.82) is 0 Å². The molecule has 30 heavy (non-hydrogen) atoms. The van der Waals surface area contributed by atoms with Crippen molar-refractivity contribution in [3.05, 3.63) is 75.2 Å². The number of anilines is 1. The van der Waals surface area contributed by atoms with Crippen LogP contribution in [0.3, 0.4) is 0 Å². The van der Waals surface area contributed by atoms with Gasteiger partial charge in [0.2, 0.25) is 5.01 Å². The van der Waals surface area contributed by atoms with Gasteiger partial charge < -0.3 is 10.2 Å². The van der Waals surface area contributed by atoms with E-state index in [4.69, 9.17) is 0 Å². The van der Waals surface area contributed by atoms with Gasteiger partial charge in [-0.05, 0) is 50.5 Å². The Morgan fingerprint density at radius 3 is 2.60 bits per heavy atom. The molecule has 1 aromatic heterocycles. The number of hydrogen-bond donors (Lipinski definition) is 1. The monoisotopic (exact) mass is 420 g/mol. The fourth-order valence-corrected chi connectivity index (χ4v) is 4.52. The van der Waals surface area contributed by atoms with E-state index in [1.54, 1.807) is 0 Å². The van der Waals surface area contributed by atoms with E-state index in [1.807, 2.05) is 67.3 Å². The first-order chi connectivity index (χ1) is 14.5. The highest BCUT2D eigenvalue weighted by Gasteiger charge is 2.29. The predicted octanol–water partition coefficient (Wildman–Crippen LogP) is 4.43. The van der Waals surface area contributed by atoms with Gasteiger partial charge in [0.15, 0.2) is 0 Å². The minimum Gasteiger partial charge on any atom is -0.338 e. The van der Waals surface area contributed by atoms with Crippen LogP contribution in [-0.4, -0.2) is 40.0 Å². The molecule has 1 aliphatic rings. The Kier molecular flexibility index (Phi) is 5.90. The lowest BCUT2D eigenvalue weighted by Gasteiger charge is -2.32. The summed E-state index contributed by atoms with van der Waals surface area (Å²) in [6.45, 7) is 5.29. The van der Waals surface area contributed by atoms with Crippen LogP contribution in [-0.2, 0) is 0 Å². The van der Waals surface area contributed by atoms with E-state index >= 15 is 0 Å². The summed E-state index contributed by atoms with van der Waals surface area (Å²) in [5.74, 6) is -0.101. The van der Waals surface area contributed by atoms with E-state index in [0.717, 1.165) is 46.8 Å². The molecule has 1 aliphatic heterocycles. The van der Waals surface area contributed by atoms with Crippen LogP contribution >= 0.6 is 11.3 Å². The number of carbonyl (C=O) groups excluding carboxylic acids is 2. The number of nitrogens with zero attached hydrogens (tertiary/aromatic N) is 3. The molecule has 0 unspecified atom stereocenters. The maximum absolute atomic E-state index is 13.0. The lowest BCUT2D eigenvalue weighted by atomic mass is 9.97. The molecule has 1 saturated heterocycles. The van der Waals surface area contributed by atoms with Gasteiger partial charge in [-0.15, -0.1) is 10.2 Å². The summed E-state index contributed by atoms with van der Waals surface area (Å²) in [5, 5.41) is 12.4. The van der Waals surface area contributed by atoms with Crippen molar-refractivity contribution in [2.24, 2.45) is 0 Å². The van der Waals surface area contributed by atoms with Crippen molar-refractivity contribution in [2.75, 3.05) is 18.4 Å². The number of benzene rings is 2. The van der Waals surface area contributed by atoms with E-state index in [0.29, 0.717) is 11.6 Å². The molecule has 1 atom stereocenters. The van der Waals surface area contributed by atoms with Crippen molar-refractivity contribution in [2.45, 2.75) is 32.6 Å². The molecule has 4 rings (SSSR count). The first kappa shape index (κ1) is 20.2. The maximum atomic E-state index is 13.0. The summed E-state index contributed by atoms with van der Waals surface area (Å²) >= 11 is 1.31. The molecule has 2 amide bonds. The van der Waals surface area contributed by atoms with E-state index in [1.165, 1.54) is 11.3 Å². The number of rotatable bonds is 4. The van der Waals surface area contributed by atoms with Gasteiger partial charge in [0.05, 0.1) is 0 Å². The number of hydrogen-bond acceptors (Lipinski definition) is 5. The molecular weight excluding hydrogens is 396 g/mol. The Labute approximate surface area is 180 Å². The standard InChI is InChI=1S/C23H24N4O2S/c1-15-9-11-18(12-10-15)24-20(28)22-26-25-21(30-22)17-7-5-13-27(14-17)23(29)19-8-4-3-6-16(19)2/h3-4,6,8-12,17H,5,7,13-14H2,1-2H3,(H,24,28)/t17-/m0/s1.